The van der Waals surface area contributed by atoms with Gasteiger partial charge < -0.3 is 9.30 Å². The Morgan fingerprint density at radius 1 is 1.35 bits per heavy atom. The van der Waals surface area contributed by atoms with Gasteiger partial charge in [-0.2, -0.15) is 0 Å². The van der Waals surface area contributed by atoms with E-state index in [-0.39, 0.29) is 4.75 Å². The van der Waals surface area contributed by atoms with Gasteiger partial charge in [-0.15, -0.1) is 11.8 Å². The molecule has 4 heteroatoms. The maximum absolute atomic E-state index is 5.44. The molecule has 0 bridgehead atoms. The molecule has 0 aliphatic heterocycles. The Morgan fingerprint density at radius 3 is 2.25 bits per heavy atom. The Hall–Kier alpha value is -1.16. The van der Waals surface area contributed by atoms with E-state index in [0.29, 0.717) is 0 Å². The van der Waals surface area contributed by atoms with Gasteiger partial charge in [0.2, 0.25) is 0 Å². The van der Waals surface area contributed by atoms with Crippen molar-refractivity contribution in [2.75, 3.05) is 14.2 Å². The maximum atomic E-state index is 5.44. The van der Waals surface area contributed by atoms with Gasteiger partial charge in [-0.1, -0.05) is 41.2 Å². The summed E-state index contributed by atoms with van der Waals surface area (Å²) in [5.41, 5.74) is 1.78. The Morgan fingerprint density at radius 2 is 1.90 bits per heavy atom. The molecular weight excluding hydrogens is 268 g/mol. The Labute approximate surface area is 127 Å². The lowest BCUT2D eigenvalue weighted by atomic mass is 10.3. The molecule has 20 heavy (non-hydrogen) atoms. The summed E-state index contributed by atoms with van der Waals surface area (Å²) in [4.78, 5) is 5.35. The second-order valence-corrected chi connectivity index (χ2v) is 6.98. The van der Waals surface area contributed by atoms with Gasteiger partial charge in [-0.3, -0.25) is 4.99 Å². The molecule has 1 rings (SSSR count). The molecule has 0 amide bonds. The fourth-order valence-electron chi connectivity index (χ4n) is 1.55. The van der Waals surface area contributed by atoms with Crippen LogP contribution in [-0.2, 0) is 0 Å². The number of ether oxygens (including phenoxy) is 1. The SMILES string of the molecule is C=C(C)n1cc(SC(C)(C)C)c(OC)cc1=NC.CC. The zero-order chi connectivity index (χ0) is 15.9. The number of nitrogens with zero attached hydrogens (tertiary/aromatic N) is 2. The van der Waals surface area contributed by atoms with Crippen LogP contribution >= 0.6 is 11.8 Å². The number of hydrogen-bond donors (Lipinski definition) is 0. The summed E-state index contributed by atoms with van der Waals surface area (Å²) in [5, 5.41) is 0. The molecule has 0 unspecified atom stereocenters. The van der Waals surface area contributed by atoms with E-state index in [9.17, 15) is 0 Å². The average molecular weight is 296 g/mol. The number of methoxy groups -OCH3 is 1. The van der Waals surface area contributed by atoms with Crippen LogP contribution < -0.4 is 10.2 Å². The van der Waals surface area contributed by atoms with Crippen LogP contribution in [-0.4, -0.2) is 23.5 Å². The van der Waals surface area contributed by atoms with E-state index in [1.165, 1.54) is 0 Å². The minimum Gasteiger partial charge on any atom is -0.495 e. The smallest absolute Gasteiger partial charge is 0.137 e. The molecule has 1 heterocycles. The maximum Gasteiger partial charge on any atom is 0.137 e. The van der Waals surface area contributed by atoms with Crippen molar-refractivity contribution in [3.05, 3.63) is 24.3 Å². The molecule has 0 radical (unpaired) electrons. The molecule has 0 atom stereocenters. The van der Waals surface area contributed by atoms with Crippen LogP contribution in [0, 0.1) is 0 Å². The van der Waals surface area contributed by atoms with Gasteiger partial charge in [0.15, 0.2) is 0 Å². The largest absolute Gasteiger partial charge is 0.495 e. The van der Waals surface area contributed by atoms with Crippen molar-refractivity contribution in [3.8, 4) is 5.75 Å². The first kappa shape index (κ1) is 18.8. The molecule has 114 valence electrons. The van der Waals surface area contributed by atoms with Crippen molar-refractivity contribution in [2.45, 2.75) is 51.2 Å². The number of rotatable bonds is 3. The van der Waals surface area contributed by atoms with Crippen molar-refractivity contribution < 1.29 is 4.74 Å². The number of hydrogen-bond acceptors (Lipinski definition) is 3. The van der Waals surface area contributed by atoms with Crippen LogP contribution in [0.4, 0.5) is 0 Å². The topological polar surface area (TPSA) is 26.5 Å². The zero-order valence-corrected chi connectivity index (χ0v) is 14.9. The van der Waals surface area contributed by atoms with Crippen LogP contribution in [0.5, 0.6) is 5.75 Å². The highest BCUT2D eigenvalue weighted by atomic mass is 32.2. The van der Waals surface area contributed by atoms with Crippen LogP contribution in [0.3, 0.4) is 0 Å². The van der Waals surface area contributed by atoms with E-state index in [2.05, 4.69) is 32.3 Å². The van der Waals surface area contributed by atoms with Gasteiger partial charge >= 0.3 is 0 Å². The Balaban J connectivity index is 0.00000172. The monoisotopic (exact) mass is 296 g/mol. The average Bonchev–Trinajstić information content (AvgIpc) is 2.38. The third kappa shape index (κ3) is 5.45. The third-order valence-electron chi connectivity index (χ3n) is 2.27. The fourth-order valence-corrected chi connectivity index (χ4v) is 2.61. The molecule has 0 aliphatic carbocycles. The lowest BCUT2D eigenvalue weighted by Crippen LogP contribution is -2.20. The zero-order valence-electron chi connectivity index (χ0n) is 14.1. The van der Waals surface area contributed by atoms with Crippen molar-refractivity contribution in [1.82, 2.24) is 4.57 Å². The molecule has 3 nitrogen and oxygen atoms in total. The molecule has 0 N–H and O–H groups in total. The Bertz CT molecular complexity index is 510. The van der Waals surface area contributed by atoms with Gasteiger partial charge in [0.05, 0.1) is 12.0 Å². The third-order valence-corrected chi connectivity index (χ3v) is 3.41. The summed E-state index contributed by atoms with van der Waals surface area (Å²) in [6.45, 7) is 16.5. The molecule has 0 spiro atoms. The highest BCUT2D eigenvalue weighted by Gasteiger charge is 2.16. The summed E-state index contributed by atoms with van der Waals surface area (Å²) >= 11 is 1.77. The fraction of sp³-hybridized carbons (Fsp3) is 0.562. The number of pyridine rings is 1. The van der Waals surface area contributed by atoms with E-state index in [1.807, 2.05) is 37.6 Å². The number of aromatic nitrogens is 1. The van der Waals surface area contributed by atoms with Crippen molar-refractivity contribution >= 4 is 17.5 Å². The van der Waals surface area contributed by atoms with E-state index >= 15 is 0 Å². The second kappa shape index (κ2) is 8.20. The molecule has 1 aromatic heterocycles. The number of allylic oxidation sites excluding steroid dienone is 1. The highest BCUT2D eigenvalue weighted by Crippen LogP contribution is 2.37. The van der Waals surface area contributed by atoms with Gasteiger partial charge in [0.25, 0.3) is 0 Å². The van der Waals surface area contributed by atoms with Crippen molar-refractivity contribution in [2.24, 2.45) is 4.99 Å². The van der Waals surface area contributed by atoms with E-state index in [4.69, 9.17) is 4.74 Å². The normalized spacial score (nSPS) is 11.7. The van der Waals surface area contributed by atoms with Gasteiger partial charge in [0, 0.05) is 29.8 Å². The summed E-state index contributed by atoms with van der Waals surface area (Å²) < 4.78 is 7.56. The molecule has 0 aromatic carbocycles. The molecule has 0 saturated heterocycles. The first-order valence-electron chi connectivity index (χ1n) is 6.87. The lowest BCUT2D eigenvalue weighted by molar-refractivity contribution is 0.402. The lowest BCUT2D eigenvalue weighted by Gasteiger charge is -2.20. The van der Waals surface area contributed by atoms with Crippen molar-refractivity contribution in [3.63, 3.8) is 0 Å². The van der Waals surface area contributed by atoms with Gasteiger partial charge in [-0.25, -0.2) is 0 Å². The first-order valence-corrected chi connectivity index (χ1v) is 7.68. The molecule has 0 fully saturated rings. The summed E-state index contributed by atoms with van der Waals surface area (Å²) in [6.07, 6.45) is 2.04. The number of thioether (sulfide) groups is 1. The molecular formula is C16H28N2OS. The van der Waals surface area contributed by atoms with Crippen LogP contribution in [0.15, 0.2) is 28.7 Å². The first-order chi connectivity index (χ1) is 9.28. The second-order valence-electron chi connectivity index (χ2n) is 5.11. The molecule has 0 saturated carbocycles. The minimum absolute atomic E-state index is 0.130. The minimum atomic E-state index is 0.130. The highest BCUT2D eigenvalue weighted by molar-refractivity contribution is 8.00. The summed E-state index contributed by atoms with van der Waals surface area (Å²) in [7, 11) is 3.46. The summed E-state index contributed by atoms with van der Waals surface area (Å²) in [6, 6.07) is 1.95. The molecule has 0 aliphatic rings. The van der Waals surface area contributed by atoms with Crippen LogP contribution in [0.2, 0.25) is 0 Å². The quantitative estimate of drug-likeness (QED) is 0.771. The van der Waals surface area contributed by atoms with Gasteiger partial charge in [0.1, 0.15) is 11.2 Å². The summed E-state index contributed by atoms with van der Waals surface area (Å²) in [5.74, 6) is 0.855. The molecule has 1 aromatic rings. The predicted molar refractivity (Wildman–Crippen MR) is 90.4 cm³/mol. The standard InChI is InChI=1S/C14H22N2OS.C2H6/c1-10(2)16-9-12(18-14(3,4)5)11(17-7)8-13(16)15-6;1-2/h8-9H,1H2,2-7H3;1-2H3. The van der Waals surface area contributed by atoms with E-state index in [1.54, 1.807) is 25.9 Å². The van der Waals surface area contributed by atoms with E-state index < -0.39 is 0 Å². The van der Waals surface area contributed by atoms with Crippen LogP contribution in [0.25, 0.3) is 5.70 Å². The van der Waals surface area contributed by atoms with Crippen LogP contribution in [0.1, 0.15) is 41.5 Å². The van der Waals surface area contributed by atoms with E-state index in [0.717, 1.165) is 21.8 Å². The predicted octanol–water partition coefficient (Wildman–Crippen LogP) is 4.43. The van der Waals surface area contributed by atoms with Crippen molar-refractivity contribution in [1.29, 1.82) is 0 Å². The van der Waals surface area contributed by atoms with Gasteiger partial charge in [-0.05, 0) is 6.92 Å². The Kier molecular flexibility index (Phi) is 7.72.